The third-order valence-corrected chi connectivity index (χ3v) is 7.69. The van der Waals surface area contributed by atoms with Gasteiger partial charge in [0.25, 0.3) is 0 Å². The van der Waals surface area contributed by atoms with Gasteiger partial charge in [0.1, 0.15) is 5.01 Å². The summed E-state index contributed by atoms with van der Waals surface area (Å²) in [6.45, 7) is 0. The molecular formula is C18H20N4OS2. The molecule has 0 aromatic carbocycles. The number of aromatic nitrogens is 3. The number of anilines is 1. The van der Waals surface area contributed by atoms with Crippen LogP contribution in [0.4, 0.5) is 5.13 Å². The molecule has 0 unspecified atom stereocenters. The van der Waals surface area contributed by atoms with Crippen LogP contribution in [0.5, 0.6) is 0 Å². The average molecular weight is 373 g/mol. The lowest BCUT2D eigenvalue weighted by Gasteiger charge is -2.55. The van der Waals surface area contributed by atoms with E-state index in [0.29, 0.717) is 5.13 Å². The van der Waals surface area contributed by atoms with Crippen molar-refractivity contribution < 1.29 is 4.79 Å². The number of rotatable bonds is 4. The molecular weight excluding hydrogens is 352 g/mol. The SMILES string of the molecule is O=C(/C=C/c1cscn1)Nc1nnc(C23CC4CC(CC(C4)C2)C3)s1. The lowest BCUT2D eigenvalue weighted by molar-refractivity contribution is -0.111. The molecule has 130 valence electrons. The Bertz CT molecular complexity index is 776. The van der Waals surface area contributed by atoms with Crippen molar-refractivity contribution in [3.8, 4) is 0 Å². The molecule has 5 nitrogen and oxygen atoms in total. The minimum Gasteiger partial charge on any atom is -0.297 e. The third kappa shape index (κ3) is 2.93. The van der Waals surface area contributed by atoms with Crippen LogP contribution in [0.1, 0.15) is 49.2 Å². The summed E-state index contributed by atoms with van der Waals surface area (Å²) in [4.78, 5) is 16.2. The lowest BCUT2D eigenvalue weighted by atomic mass is 9.50. The molecule has 0 spiro atoms. The predicted molar refractivity (Wildman–Crippen MR) is 99.5 cm³/mol. The van der Waals surface area contributed by atoms with Crippen molar-refractivity contribution in [2.45, 2.75) is 43.9 Å². The molecule has 1 amide bonds. The van der Waals surface area contributed by atoms with Gasteiger partial charge in [-0.05, 0) is 62.4 Å². The Labute approximate surface area is 154 Å². The molecule has 0 atom stereocenters. The number of hydrogen-bond donors (Lipinski definition) is 1. The molecule has 2 heterocycles. The quantitative estimate of drug-likeness (QED) is 0.820. The van der Waals surface area contributed by atoms with Gasteiger partial charge in [-0.2, -0.15) is 0 Å². The number of nitrogens with zero attached hydrogens (tertiary/aromatic N) is 3. The second-order valence-corrected chi connectivity index (χ2v) is 9.54. The molecule has 7 heteroatoms. The fraction of sp³-hybridized carbons (Fsp3) is 0.556. The van der Waals surface area contributed by atoms with E-state index >= 15 is 0 Å². The van der Waals surface area contributed by atoms with Gasteiger partial charge in [0, 0.05) is 16.9 Å². The molecule has 2 aromatic rings. The Hall–Kier alpha value is -1.60. The van der Waals surface area contributed by atoms with Gasteiger partial charge in [0.15, 0.2) is 0 Å². The van der Waals surface area contributed by atoms with Crippen LogP contribution in [-0.4, -0.2) is 21.1 Å². The van der Waals surface area contributed by atoms with E-state index in [9.17, 15) is 4.79 Å². The van der Waals surface area contributed by atoms with Gasteiger partial charge in [-0.25, -0.2) is 4.98 Å². The topological polar surface area (TPSA) is 67.8 Å². The van der Waals surface area contributed by atoms with E-state index in [-0.39, 0.29) is 11.3 Å². The Kier molecular flexibility index (Phi) is 3.74. The van der Waals surface area contributed by atoms with Crippen molar-refractivity contribution in [3.63, 3.8) is 0 Å². The molecule has 1 N–H and O–H groups in total. The first kappa shape index (κ1) is 15.6. The largest absolute Gasteiger partial charge is 0.297 e. The fourth-order valence-corrected chi connectivity index (χ4v) is 6.96. The maximum Gasteiger partial charge on any atom is 0.250 e. The lowest BCUT2D eigenvalue weighted by Crippen LogP contribution is -2.48. The summed E-state index contributed by atoms with van der Waals surface area (Å²) in [6.07, 6.45) is 11.3. The normalized spacial score (nSPS) is 33.2. The molecule has 6 rings (SSSR count). The molecule has 25 heavy (non-hydrogen) atoms. The van der Waals surface area contributed by atoms with E-state index in [1.165, 1.54) is 55.9 Å². The summed E-state index contributed by atoms with van der Waals surface area (Å²) in [5.74, 6) is 2.47. The number of nitrogens with one attached hydrogen (secondary N) is 1. The minimum absolute atomic E-state index is 0.179. The van der Waals surface area contributed by atoms with E-state index in [1.54, 1.807) is 22.9 Å². The van der Waals surface area contributed by atoms with Gasteiger partial charge in [0.2, 0.25) is 11.0 Å². The molecule has 4 aliphatic carbocycles. The van der Waals surface area contributed by atoms with Gasteiger partial charge in [-0.15, -0.1) is 21.5 Å². The molecule has 4 bridgehead atoms. The maximum atomic E-state index is 12.1. The molecule has 0 saturated heterocycles. The highest BCUT2D eigenvalue weighted by Gasteiger charge is 2.53. The minimum atomic E-state index is -0.179. The second kappa shape index (κ2) is 5.99. The Morgan fingerprint density at radius 3 is 2.52 bits per heavy atom. The first-order chi connectivity index (χ1) is 12.2. The van der Waals surface area contributed by atoms with E-state index < -0.39 is 0 Å². The summed E-state index contributed by atoms with van der Waals surface area (Å²) in [5.41, 5.74) is 2.79. The summed E-state index contributed by atoms with van der Waals surface area (Å²) in [6, 6.07) is 0. The van der Waals surface area contributed by atoms with Crippen molar-refractivity contribution in [2.24, 2.45) is 17.8 Å². The standard InChI is InChI=1S/C18H20N4OS2/c23-15(2-1-14-9-24-10-19-14)20-17-22-21-16(25-17)18-6-11-3-12(7-18)5-13(4-11)8-18/h1-2,9-13H,3-8H2,(H,20,22,23)/b2-1+. The molecule has 4 saturated carbocycles. The molecule has 0 aliphatic heterocycles. The van der Waals surface area contributed by atoms with Gasteiger partial charge in [-0.1, -0.05) is 11.3 Å². The van der Waals surface area contributed by atoms with Crippen LogP contribution in [0.15, 0.2) is 17.0 Å². The summed E-state index contributed by atoms with van der Waals surface area (Å²) in [7, 11) is 0. The monoisotopic (exact) mass is 372 g/mol. The Morgan fingerprint density at radius 2 is 1.88 bits per heavy atom. The third-order valence-electron chi connectivity index (χ3n) is 6.00. The number of hydrogen-bond acceptors (Lipinski definition) is 6. The van der Waals surface area contributed by atoms with Crippen LogP contribution in [0.25, 0.3) is 6.08 Å². The molecule has 0 radical (unpaired) electrons. The fourth-order valence-electron chi connectivity index (χ4n) is 5.47. The number of carbonyl (C=O) groups is 1. The van der Waals surface area contributed by atoms with Gasteiger partial charge in [0.05, 0.1) is 11.2 Å². The summed E-state index contributed by atoms with van der Waals surface area (Å²) >= 11 is 3.08. The average Bonchev–Trinajstić information content (AvgIpc) is 3.23. The number of carbonyl (C=O) groups excluding carboxylic acids is 1. The van der Waals surface area contributed by atoms with Crippen molar-refractivity contribution in [1.82, 2.24) is 15.2 Å². The highest BCUT2D eigenvalue weighted by Crippen LogP contribution is 2.61. The van der Waals surface area contributed by atoms with Crippen LogP contribution < -0.4 is 5.32 Å². The van der Waals surface area contributed by atoms with Crippen LogP contribution in [0.2, 0.25) is 0 Å². The predicted octanol–water partition coefficient (Wildman–Crippen LogP) is 4.11. The van der Waals surface area contributed by atoms with Crippen molar-refractivity contribution in [1.29, 1.82) is 0 Å². The highest BCUT2D eigenvalue weighted by atomic mass is 32.1. The smallest absolute Gasteiger partial charge is 0.250 e. The van der Waals surface area contributed by atoms with Crippen molar-refractivity contribution in [2.75, 3.05) is 5.32 Å². The summed E-state index contributed by atoms with van der Waals surface area (Å²) < 4.78 is 0. The van der Waals surface area contributed by atoms with E-state index in [4.69, 9.17) is 0 Å². The van der Waals surface area contributed by atoms with Gasteiger partial charge >= 0.3 is 0 Å². The van der Waals surface area contributed by atoms with Crippen LogP contribution >= 0.6 is 22.7 Å². The zero-order chi connectivity index (χ0) is 16.9. The van der Waals surface area contributed by atoms with Crippen LogP contribution in [0.3, 0.4) is 0 Å². The van der Waals surface area contributed by atoms with Crippen molar-refractivity contribution in [3.05, 3.63) is 27.7 Å². The molecule has 4 aliphatic rings. The molecule has 4 fully saturated rings. The van der Waals surface area contributed by atoms with E-state index in [0.717, 1.165) is 28.5 Å². The van der Waals surface area contributed by atoms with Crippen molar-refractivity contribution >= 4 is 39.8 Å². The first-order valence-corrected chi connectivity index (χ1v) is 10.7. The van der Waals surface area contributed by atoms with E-state index in [1.807, 2.05) is 5.38 Å². The van der Waals surface area contributed by atoms with Crippen LogP contribution in [-0.2, 0) is 10.2 Å². The Balaban J connectivity index is 1.30. The second-order valence-electron chi connectivity index (χ2n) is 7.85. The van der Waals surface area contributed by atoms with Gasteiger partial charge < -0.3 is 0 Å². The maximum absolute atomic E-state index is 12.1. The number of amides is 1. The summed E-state index contributed by atoms with van der Waals surface area (Å²) in [5, 5.41) is 15.2. The highest BCUT2D eigenvalue weighted by molar-refractivity contribution is 7.15. The molecule has 2 aromatic heterocycles. The zero-order valence-electron chi connectivity index (χ0n) is 13.9. The number of thiazole rings is 1. The first-order valence-electron chi connectivity index (χ1n) is 8.90. The van der Waals surface area contributed by atoms with Gasteiger partial charge in [-0.3, -0.25) is 10.1 Å². The van der Waals surface area contributed by atoms with E-state index in [2.05, 4.69) is 20.5 Å². The Morgan fingerprint density at radius 1 is 1.16 bits per heavy atom. The zero-order valence-corrected chi connectivity index (χ0v) is 15.5. The van der Waals surface area contributed by atoms with Crippen LogP contribution in [0, 0.1) is 17.8 Å².